The lowest BCUT2D eigenvalue weighted by Crippen LogP contribution is -2.34. The van der Waals surface area contributed by atoms with E-state index in [4.69, 9.17) is 5.73 Å². The summed E-state index contributed by atoms with van der Waals surface area (Å²) in [5, 5.41) is 3.12. The Balaban J connectivity index is 1.88. The third-order valence-corrected chi connectivity index (χ3v) is 3.74. The van der Waals surface area contributed by atoms with Crippen LogP contribution >= 0.6 is 0 Å². The van der Waals surface area contributed by atoms with Gasteiger partial charge in [-0.1, -0.05) is 32.0 Å². The van der Waals surface area contributed by atoms with Gasteiger partial charge in [0.05, 0.1) is 6.42 Å². The summed E-state index contributed by atoms with van der Waals surface area (Å²) in [6, 6.07) is 7.88. The highest BCUT2D eigenvalue weighted by atomic mass is 16.1. The van der Waals surface area contributed by atoms with E-state index in [1.54, 1.807) is 0 Å². The van der Waals surface area contributed by atoms with E-state index in [-0.39, 0.29) is 5.91 Å². The summed E-state index contributed by atoms with van der Waals surface area (Å²) in [6.07, 6.45) is 3.72. The highest BCUT2D eigenvalue weighted by Crippen LogP contribution is 2.36. The van der Waals surface area contributed by atoms with Gasteiger partial charge in [0.25, 0.3) is 0 Å². The number of rotatable bonds is 3. The molecule has 0 heterocycles. The zero-order valence-electron chi connectivity index (χ0n) is 11.2. The Labute approximate surface area is 109 Å². The van der Waals surface area contributed by atoms with Gasteiger partial charge in [-0.3, -0.25) is 4.79 Å². The van der Waals surface area contributed by atoms with Crippen molar-refractivity contribution in [2.24, 2.45) is 5.41 Å². The number of carbonyl (C=O) groups excluding carboxylic acids is 1. The lowest BCUT2D eigenvalue weighted by molar-refractivity contribution is -0.121. The lowest BCUT2D eigenvalue weighted by Gasteiger charge is -2.18. The number of nitrogens with two attached hydrogens (primary N) is 1. The van der Waals surface area contributed by atoms with E-state index in [1.165, 1.54) is 6.42 Å². The fraction of sp³-hybridized carbons (Fsp3) is 0.533. The SMILES string of the molecule is CC1(C)CCC(NC(=O)Cc2ccccc2N)C1. The number of benzene rings is 1. The van der Waals surface area contributed by atoms with Gasteiger partial charge in [-0.15, -0.1) is 0 Å². The molecule has 0 radical (unpaired) electrons. The number of hydrogen-bond donors (Lipinski definition) is 2. The first-order valence-electron chi connectivity index (χ1n) is 6.59. The largest absolute Gasteiger partial charge is 0.398 e. The average molecular weight is 246 g/mol. The molecule has 1 aromatic rings. The summed E-state index contributed by atoms with van der Waals surface area (Å²) >= 11 is 0. The molecule has 0 spiro atoms. The second-order valence-corrected chi connectivity index (χ2v) is 6.05. The van der Waals surface area contributed by atoms with Crippen LogP contribution in [0.25, 0.3) is 0 Å². The van der Waals surface area contributed by atoms with Gasteiger partial charge in [0, 0.05) is 11.7 Å². The zero-order chi connectivity index (χ0) is 13.2. The topological polar surface area (TPSA) is 55.1 Å². The predicted octanol–water partition coefficient (Wildman–Crippen LogP) is 2.51. The standard InChI is InChI=1S/C15H22N2O/c1-15(2)8-7-12(10-15)17-14(18)9-11-5-3-4-6-13(11)16/h3-6,12H,7-10,16H2,1-2H3,(H,17,18). The van der Waals surface area contributed by atoms with Crippen molar-refractivity contribution in [3.8, 4) is 0 Å². The van der Waals surface area contributed by atoms with E-state index in [0.29, 0.717) is 23.6 Å². The number of nitrogen functional groups attached to an aromatic ring is 1. The first-order valence-corrected chi connectivity index (χ1v) is 6.59. The summed E-state index contributed by atoms with van der Waals surface area (Å²) in [5.41, 5.74) is 7.81. The van der Waals surface area contributed by atoms with Crippen LogP contribution in [0, 0.1) is 5.41 Å². The molecule has 0 aromatic heterocycles. The fourth-order valence-corrected chi connectivity index (χ4v) is 2.71. The van der Waals surface area contributed by atoms with Crippen molar-refractivity contribution in [3.05, 3.63) is 29.8 Å². The van der Waals surface area contributed by atoms with Crippen molar-refractivity contribution >= 4 is 11.6 Å². The number of amides is 1. The third-order valence-electron chi connectivity index (χ3n) is 3.74. The summed E-state index contributed by atoms with van der Waals surface area (Å²) in [4.78, 5) is 12.0. The molecule has 1 aliphatic carbocycles. The Bertz CT molecular complexity index is 440. The van der Waals surface area contributed by atoms with Crippen molar-refractivity contribution in [1.82, 2.24) is 5.32 Å². The molecule has 1 saturated carbocycles. The fourth-order valence-electron chi connectivity index (χ4n) is 2.71. The lowest BCUT2D eigenvalue weighted by atomic mass is 9.92. The molecule has 0 saturated heterocycles. The van der Waals surface area contributed by atoms with E-state index in [0.717, 1.165) is 18.4 Å². The van der Waals surface area contributed by atoms with Crippen LogP contribution in [0.5, 0.6) is 0 Å². The van der Waals surface area contributed by atoms with E-state index >= 15 is 0 Å². The molecule has 1 fully saturated rings. The Kier molecular flexibility index (Phi) is 3.60. The van der Waals surface area contributed by atoms with Gasteiger partial charge in [0.15, 0.2) is 0 Å². The van der Waals surface area contributed by atoms with Crippen LogP contribution in [0.3, 0.4) is 0 Å². The van der Waals surface area contributed by atoms with E-state index in [9.17, 15) is 4.79 Å². The molecule has 1 amide bonds. The van der Waals surface area contributed by atoms with Crippen molar-refractivity contribution in [2.45, 2.75) is 45.6 Å². The second kappa shape index (κ2) is 5.01. The van der Waals surface area contributed by atoms with Gasteiger partial charge in [0.2, 0.25) is 5.91 Å². The number of nitrogens with one attached hydrogen (secondary N) is 1. The van der Waals surface area contributed by atoms with Gasteiger partial charge >= 0.3 is 0 Å². The second-order valence-electron chi connectivity index (χ2n) is 6.05. The summed E-state index contributed by atoms with van der Waals surface area (Å²) in [5.74, 6) is 0.0793. The van der Waals surface area contributed by atoms with Crippen LogP contribution in [0.2, 0.25) is 0 Å². The van der Waals surface area contributed by atoms with Gasteiger partial charge in [-0.2, -0.15) is 0 Å². The number of hydrogen-bond acceptors (Lipinski definition) is 2. The van der Waals surface area contributed by atoms with Crippen LogP contribution in [0.15, 0.2) is 24.3 Å². The van der Waals surface area contributed by atoms with E-state index < -0.39 is 0 Å². The molecule has 3 nitrogen and oxygen atoms in total. The molecule has 1 aliphatic rings. The molecule has 2 rings (SSSR count). The van der Waals surface area contributed by atoms with Gasteiger partial charge < -0.3 is 11.1 Å². The van der Waals surface area contributed by atoms with E-state index in [2.05, 4.69) is 19.2 Å². The molecule has 1 aromatic carbocycles. The first-order chi connectivity index (χ1) is 8.46. The van der Waals surface area contributed by atoms with Crippen LogP contribution in [0.4, 0.5) is 5.69 Å². The average Bonchev–Trinajstić information content (AvgIpc) is 2.61. The van der Waals surface area contributed by atoms with Crippen molar-refractivity contribution in [1.29, 1.82) is 0 Å². The number of para-hydroxylation sites is 1. The maximum atomic E-state index is 12.0. The molecule has 0 bridgehead atoms. The Hall–Kier alpha value is -1.51. The van der Waals surface area contributed by atoms with Gasteiger partial charge in [-0.25, -0.2) is 0 Å². The van der Waals surface area contributed by atoms with E-state index in [1.807, 2.05) is 24.3 Å². The summed E-state index contributed by atoms with van der Waals surface area (Å²) in [6.45, 7) is 4.52. The van der Waals surface area contributed by atoms with Gasteiger partial charge in [-0.05, 0) is 36.3 Å². The Morgan fingerprint density at radius 2 is 2.17 bits per heavy atom. The Morgan fingerprint density at radius 1 is 1.44 bits per heavy atom. The molecule has 3 N–H and O–H groups in total. The summed E-state index contributed by atoms with van der Waals surface area (Å²) in [7, 11) is 0. The first kappa shape index (κ1) is 12.9. The molecular formula is C15H22N2O. The molecular weight excluding hydrogens is 224 g/mol. The van der Waals surface area contributed by atoms with Crippen molar-refractivity contribution in [3.63, 3.8) is 0 Å². The smallest absolute Gasteiger partial charge is 0.224 e. The minimum absolute atomic E-state index is 0.0793. The molecule has 3 heteroatoms. The van der Waals surface area contributed by atoms with Crippen LogP contribution in [-0.4, -0.2) is 11.9 Å². The van der Waals surface area contributed by atoms with Crippen LogP contribution in [-0.2, 0) is 11.2 Å². The Morgan fingerprint density at radius 3 is 2.78 bits per heavy atom. The normalized spacial score (nSPS) is 21.8. The number of anilines is 1. The maximum Gasteiger partial charge on any atom is 0.224 e. The summed E-state index contributed by atoms with van der Waals surface area (Å²) < 4.78 is 0. The minimum Gasteiger partial charge on any atom is -0.398 e. The molecule has 0 aliphatic heterocycles. The minimum atomic E-state index is 0.0793. The highest BCUT2D eigenvalue weighted by molar-refractivity contribution is 5.80. The van der Waals surface area contributed by atoms with Crippen molar-refractivity contribution < 1.29 is 4.79 Å². The highest BCUT2D eigenvalue weighted by Gasteiger charge is 2.31. The quantitative estimate of drug-likeness (QED) is 0.805. The molecule has 18 heavy (non-hydrogen) atoms. The molecule has 1 unspecified atom stereocenters. The van der Waals surface area contributed by atoms with Crippen LogP contribution in [0.1, 0.15) is 38.7 Å². The maximum absolute atomic E-state index is 12.0. The van der Waals surface area contributed by atoms with Gasteiger partial charge in [0.1, 0.15) is 0 Å². The third kappa shape index (κ3) is 3.25. The molecule has 1 atom stereocenters. The monoisotopic (exact) mass is 246 g/mol. The zero-order valence-corrected chi connectivity index (χ0v) is 11.2. The number of carbonyl (C=O) groups is 1. The molecule has 98 valence electrons. The van der Waals surface area contributed by atoms with Crippen LogP contribution < -0.4 is 11.1 Å². The predicted molar refractivity (Wildman–Crippen MR) is 74.1 cm³/mol. The van der Waals surface area contributed by atoms with Crippen molar-refractivity contribution in [2.75, 3.05) is 5.73 Å².